The Kier molecular flexibility index (Phi) is 5.66. The zero-order chi connectivity index (χ0) is 16.9. The zero-order valence-electron chi connectivity index (χ0n) is 15.0. The molecule has 1 aliphatic rings. The predicted molar refractivity (Wildman–Crippen MR) is 97.6 cm³/mol. The van der Waals surface area contributed by atoms with Crippen LogP contribution in [0.4, 0.5) is 0 Å². The van der Waals surface area contributed by atoms with Gasteiger partial charge in [-0.05, 0) is 51.1 Å². The molecule has 1 aliphatic heterocycles. The molecule has 0 radical (unpaired) electrons. The predicted octanol–water partition coefficient (Wildman–Crippen LogP) is 2.29. The van der Waals surface area contributed by atoms with E-state index in [-0.39, 0.29) is 0 Å². The lowest BCUT2D eigenvalue weighted by Gasteiger charge is -2.26. The van der Waals surface area contributed by atoms with Gasteiger partial charge in [-0.3, -0.25) is 10.1 Å². The second kappa shape index (κ2) is 7.92. The van der Waals surface area contributed by atoms with Gasteiger partial charge in [-0.2, -0.15) is 5.10 Å². The number of benzene rings is 1. The third-order valence-electron chi connectivity index (χ3n) is 4.90. The molecule has 2 N–H and O–H groups in total. The number of aromatic nitrogens is 2. The first kappa shape index (κ1) is 17.1. The second-order valence-corrected chi connectivity index (χ2v) is 7.01. The highest BCUT2D eigenvalue weighted by Crippen LogP contribution is 2.28. The molecule has 2 atom stereocenters. The van der Waals surface area contributed by atoms with Crippen molar-refractivity contribution in [2.45, 2.75) is 32.9 Å². The van der Waals surface area contributed by atoms with Gasteiger partial charge in [-0.15, -0.1) is 0 Å². The Morgan fingerprint density at radius 2 is 2.21 bits per heavy atom. The molecule has 0 spiro atoms. The molecule has 1 aromatic heterocycles. The van der Waals surface area contributed by atoms with Crippen molar-refractivity contribution in [2.75, 3.05) is 26.7 Å². The van der Waals surface area contributed by atoms with Gasteiger partial charge in [0.2, 0.25) is 0 Å². The lowest BCUT2D eigenvalue weighted by atomic mass is 9.90. The van der Waals surface area contributed by atoms with Crippen LogP contribution in [0.3, 0.4) is 0 Å². The van der Waals surface area contributed by atoms with Gasteiger partial charge < -0.3 is 4.90 Å². The smallest absolute Gasteiger partial charge is 0.0518 e. The summed E-state index contributed by atoms with van der Waals surface area (Å²) in [5.41, 5.74) is 11.0. The van der Waals surface area contributed by atoms with E-state index in [0.29, 0.717) is 12.0 Å². The van der Waals surface area contributed by atoms with Gasteiger partial charge in [-0.1, -0.05) is 23.8 Å². The lowest BCUT2D eigenvalue weighted by Crippen LogP contribution is -2.31. The van der Waals surface area contributed by atoms with Crippen molar-refractivity contribution in [1.82, 2.24) is 25.5 Å². The van der Waals surface area contributed by atoms with Crippen LogP contribution in [-0.4, -0.2) is 41.4 Å². The van der Waals surface area contributed by atoms with Crippen LogP contribution in [0.1, 0.15) is 29.2 Å². The van der Waals surface area contributed by atoms with Crippen molar-refractivity contribution >= 4 is 0 Å². The van der Waals surface area contributed by atoms with E-state index < -0.39 is 0 Å². The fraction of sp³-hybridized carbons (Fsp3) is 0.526. The van der Waals surface area contributed by atoms with E-state index in [2.05, 4.69) is 59.9 Å². The highest BCUT2D eigenvalue weighted by atomic mass is 15.4. The Balaban J connectivity index is 1.54. The van der Waals surface area contributed by atoms with Crippen molar-refractivity contribution in [3.8, 4) is 0 Å². The van der Waals surface area contributed by atoms with E-state index in [1.54, 1.807) is 0 Å². The fourth-order valence-electron chi connectivity index (χ4n) is 3.56. The first-order valence-electron chi connectivity index (χ1n) is 8.85. The number of aryl methyl sites for hydroxylation is 3. The van der Waals surface area contributed by atoms with Crippen LogP contribution in [0.2, 0.25) is 0 Å². The molecule has 0 saturated carbocycles. The van der Waals surface area contributed by atoms with Crippen molar-refractivity contribution in [1.29, 1.82) is 0 Å². The van der Waals surface area contributed by atoms with Gasteiger partial charge in [-0.25, -0.2) is 5.43 Å². The van der Waals surface area contributed by atoms with Gasteiger partial charge in [0, 0.05) is 37.9 Å². The molecule has 0 aliphatic carbocycles. The minimum atomic E-state index is 0.387. The molecule has 1 saturated heterocycles. The third kappa shape index (κ3) is 4.23. The summed E-state index contributed by atoms with van der Waals surface area (Å²) in [6.45, 7) is 8.56. The summed E-state index contributed by atoms with van der Waals surface area (Å²) < 4.78 is 2.01. The summed E-state index contributed by atoms with van der Waals surface area (Å²) in [7, 11) is 2.22. The topological polar surface area (TPSA) is 45.1 Å². The zero-order valence-corrected chi connectivity index (χ0v) is 15.0. The largest absolute Gasteiger partial charge is 0.306 e. The monoisotopic (exact) mass is 327 g/mol. The minimum Gasteiger partial charge on any atom is -0.306 e. The quantitative estimate of drug-likeness (QED) is 0.819. The number of rotatable bonds is 7. The van der Waals surface area contributed by atoms with Crippen LogP contribution in [0.15, 0.2) is 36.7 Å². The molecular weight excluding hydrogens is 298 g/mol. The average Bonchev–Trinajstić information content (AvgIpc) is 3.21. The first-order valence-corrected chi connectivity index (χ1v) is 8.85. The second-order valence-electron chi connectivity index (χ2n) is 7.01. The molecule has 0 bridgehead atoms. The van der Waals surface area contributed by atoms with Gasteiger partial charge in [0.15, 0.2) is 0 Å². The van der Waals surface area contributed by atoms with Crippen LogP contribution in [-0.2, 0) is 6.54 Å². The Labute approximate surface area is 145 Å². The normalized spacial score (nSPS) is 20.8. The van der Waals surface area contributed by atoms with Gasteiger partial charge in [0.25, 0.3) is 0 Å². The SMILES string of the molecule is Cc1ccc(C)c(C2NNCC2CN(C)CCCn2cccn2)c1. The molecular formula is C19H29N5. The summed E-state index contributed by atoms with van der Waals surface area (Å²) in [6, 6.07) is 9.12. The van der Waals surface area contributed by atoms with Crippen LogP contribution < -0.4 is 10.9 Å². The van der Waals surface area contributed by atoms with Gasteiger partial charge in [0.05, 0.1) is 6.04 Å². The summed E-state index contributed by atoms with van der Waals surface area (Å²) in [5.74, 6) is 0.584. The highest BCUT2D eigenvalue weighted by Gasteiger charge is 2.29. The Morgan fingerprint density at radius 1 is 1.33 bits per heavy atom. The van der Waals surface area contributed by atoms with Crippen LogP contribution >= 0.6 is 0 Å². The van der Waals surface area contributed by atoms with Crippen LogP contribution in [0, 0.1) is 19.8 Å². The number of nitrogens with one attached hydrogen (secondary N) is 2. The van der Waals surface area contributed by atoms with E-state index in [1.807, 2.05) is 23.1 Å². The summed E-state index contributed by atoms with van der Waals surface area (Å²) in [6.07, 6.45) is 5.00. The summed E-state index contributed by atoms with van der Waals surface area (Å²) in [5, 5.41) is 4.26. The molecule has 2 heterocycles. The molecule has 130 valence electrons. The number of hydrogen-bond acceptors (Lipinski definition) is 4. The third-order valence-corrected chi connectivity index (χ3v) is 4.90. The van der Waals surface area contributed by atoms with Gasteiger partial charge >= 0.3 is 0 Å². The highest BCUT2D eigenvalue weighted by molar-refractivity contribution is 5.34. The van der Waals surface area contributed by atoms with Crippen molar-refractivity contribution in [3.63, 3.8) is 0 Å². The Morgan fingerprint density at radius 3 is 3.00 bits per heavy atom. The Hall–Kier alpha value is -1.69. The van der Waals surface area contributed by atoms with Crippen molar-refractivity contribution < 1.29 is 0 Å². The molecule has 1 aromatic carbocycles. The van der Waals surface area contributed by atoms with E-state index in [0.717, 1.165) is 32.6 Å². The van der Waals surface area contributed by atoms with Crippen LogP contribution in [0.5, 0.6) is 0 Å². The maximum absolute atomic E-state index is 4.26. The van der Waals surface area contributed by atoms with Gasteiger partial charge in [0.1, 0.15) is 0 Å². The molecule has 1 fully saturated rings. The van der Waals surface area contributed by atoms with Crippen molar-refractivity contribution in [2.24, 2.45) is 5.92 Å². The van der Waals surface area contributed by atoms with Crippen molar-refractivity contribution in [3.05, 3.63) is 53.3 Å². The maximum atomic E-state index is 4.26. The van der Waals surface area contributed by atoms with E-state index >= 15 is 0 Å². The first-order chi connectivity index (χ1) is 11.6. The lowest BCUT2D eigenvalue weighted by molar-refractivity contribution is 0.260. The van der Waals surface area contributed by atoms with Crippen LogP contribution in [0.25, 0.3) is 0 Å². The maximum Gasteiger partial charge on any atom is 0.0518 e. The van der Waals surface area contributed by atoms with E-state index in [1.165, 1.54) is 16.7 Å². The molecule has 2 aromatic rings. The molecule has 24 heavy (non-hydrogen) atoms. The molecule has 0 amide bonds. The average molecular weight is 327 g/mol. The minimum absolute atomic E-state index is 0.387. The molecule has 3 rings (SSSR count). The number of hydrazine groups is 1. The number of nitrogens with zero attached hydrogens (tertiary/aromatic N) is 3. The summed E-state index contributed by atoms with van der Waals surface area (Å²) >= 11 is 0. The fourth-order valence-corrected chi connectivity index (χ4v) is 3.56. The molecule has 2 unspecified atom stereocenters. The molecule has 5 heteroatoms. The Bertz CT molecular complexity index is 637. The number of hydrogen-bond donors (Lipinski definition) is 2. The van der Waals surface area contributed by atoms with E-state index in [9.17, 15) is 0 Å². The standard InChI is InChI=1S/C19H29N5/c1-15-6-7-16(2)18(12-15)19-17(13-20-22-19)14-23(3)9-5-11-24-10-4-8-21-24/h4,6-8,10,12,17,19-20,22H,5,9,11,13-14H2,1-3H3. The molecule has 5 nitrogen and oxygen atoms in total. The summed E-state index contributed by atoms with van der Waals surface area (Å²) in [4.78, 5) is 2.45. The van der Waals surface area contributed by atoms with E-state index in [4.69, 9.17) is 0 Å².